The molecule has 0 unspecified atom stereocenters. The largest absolute Gasteiger partial charge is 0.444 e. The highest BCUT2D eigenvalue weighted by molar-refractivity contribution is 5.89. The summed E-state index contributed by atoms with van der Waals surface area (Å²) in [5.41, 5.74) is 4.90. The Morgan fingerprint density at radius 3 is 1.60 bits per heavy atom. The number of nitrogens with zero attached hydrogens (tertiary/aromatic N) is 1. The molecule has 5 N–H and O–H groups in total. The van der Waals surface area contributed by atoms with Gasteiger partial charge in [-0.2, -0.15) is 0 Å². The number of rotatable bonds is 13. The summed E-state index contributed by atoms with van der Waals surface area (Å²) in [6.45, 7) is 11.6. The smallest absolute Gasteiger partial charge is 0.407 e. The Morgan fingerprint density at radius 2 is 1.20 bits per heavy atom. The predicted molar refractivity (Wildman–Crippen MR) is 135 cm³/mol. The maximum absolute atomic E-state index is 12.6. The van der Waals surface area contributed by atoms with Gasteiger partial charge >= 0.3 is 12.2 Å². The molecule has 0 saturated heterocycles. The highest BCUT2D eigenvalue weighted by Gasteiger charge is 2.24. The Hall–Kier alpha value is -2.56. The molecule has 4 amide bonds. The van der Waals surface area contributed by atoms with Gasteiger partial charge < -0.3 is 36.1 Å². The van der Waals surface area contributed by atoms with Crippen molar-refractivity contribution in [3.8, 4) is 0 Å². The monoisotopic (exact) mass is 501 g/mol. The van der Waals surface area contributed by atoms with Crippen LogP contribution >= 0.6 is 0 Å². The summed E-state index contributed by atoms with van der Waals surface area (Å²) in [4.78, 5) is 49.8. The van der Waals surface area contributed by atoms with Gasteiger partial charge in [-0.15, -0.1) is 0 Å². The van der Waals surface area contributed by atoms with Crippen molar-refractivity contribution >= 4 is 24.0 Å². The minimum Gasteiger partial charge on any atom is -0.444 e. The van der Waals surface area contributed by atoms with Crippen LogP contribution in [0.3, 0.4) is 0 Å². The van der Waals surface area contributed by atoms with Crippen molar-refractivity contribution in [2.75, 3.05) is 27.2 Å². The van der Waals surface area contributed by atoms with Crippen LogP contribution in [0, 0.1) is 0 Å². The van der Waals surface area contributed by atoms with Crippen molar-refractivity contribution in [3.05, 3.63) is 0 Å². The van der Waals surface area contributed by atoms with Gasteiger partial charge in [0.2, 0.25) is 11.8 Å². The summed E-state index contributed by atoms with van der Waals surface area (Å²) in [6, 6.07) is -1.46. The van der Waals surface area contributed by atoms with Gasteiger partial charge in [0.15, 0.2) is 0 Å². The summed E-state index contributed by atoms with van der Waals surface area (Å²) in [7, 11) is 3.26. The van der Waals surface area contributed by atoms with E-state index in [1.807, 2.05) is 0 Å². The molecule has 0 radical (unpaired) electrons. The van der Waals surface area contributed by atoms with Crippen LogP contribution < -0.4 is 21.7 Å². The zero-order valence-electron chi connectivity index (χ0n) is 22.8. The Balaban J connectivity index is 4.40. The molecule has 11 nitrogen and oxygen atoms in total. The van der Waals surface area contributed by atoms with Crippen LogP contribution in [0.25, 0.3) is 0 Å². The molecular weight excluding hydrogens is 454 g/mol. The summed E-state index contributed by atoms with van der Waals surface area (Å²) in [6.07, 6.45) is 2.40. The fourth-order valence-electron chi connectivity index (χ4n) is 2.95. The first-order valence-corrected chi connectivity index (χ1v) is 12.2. The number of nitrogens with two attached hydrogens (primary N) is 1. The van der Waals surface area contributed by atoms with Crippen molar-refractivity contribution in [2.45, 2.75) is 103 Å². The molecule has 0 aromatic rings. The topological polar surface area (TPSA) is 152 Å². The van der Waals surface area contributed by atoms with Gasteiger partial charge in [0.05, 0.1) is 6.04 Å². The van der Waals surface area contributed by atoms with E-state index in [0.29, 0.717) is 51.6 Å². The molecule has 0 heterocycles. The zero-order valence-corrected chi connectivity index (χ0v) is 22.8. The lowest BCUT2D eigenvalue weighted by Crippen LogP contribution is -2.51. The summed E-state index contributed by atoms with van der Waals surface area (Å²) < 4.78 is 10.3. The minimum absolute atomic E-state index is 0.216. The number of nitrogens with one attached hydrogen (secondary N) is 3. The van der Waals surface area contributed by atoms with Crippen LogP contribution in [0.4, 0.5) is 9.59 Å². The van der Waals surface area contributed by atoms with Crippen molar-refractivity contribution in [1.29, 1.82) is 0 Å². The number of carbonyl (C=O) groups is 4. The van der Waals surface area contributed by atoms with Crippen LogP contribution in [0.15, 0.2) is 0 Å². The molecule has 0 aromatic carbocycles. The standard InChI is InChI=1S/C24H47N5O6/c1-23(2,3)34-21(32)26-15-11-9-13-17(25)19(30)28-18(20(31)29(7)8)14-10-12-16-27-22(33)35-24(4,5)6/h17-18H,9-16,25H2,1-8H3,(H,26,32)(H,27,33)(H,28,30)/t17-,18-/m0/s1. The summed E-state index contributed by atoms with van der Waals surface area (Å²) >= 11 is 0. The van der Waals surface area contributed by atoms with Gasteiger partial charge in [-0.1, -0.05) is 0 Å². The van der Waals surface area contributed by atoms with E-state index < -0.39 is 41.4 Å². The third-order valence-corrected chi connectivity index (χ3v) is 4.59. The van der Waals surface area contributed by atoms with Crippen molar-refractivity contribution in [1.82, 2.24) is 20.9 Å². The highest BCUT2D eigenvalue weighted by Crippen LogP contribution is 2.09. The van der Waals surface area contributed by atoms with Crippen LogP contribution in [0.1, 0.15) is 80.1 Å². The molecule has 0 aliphatic carbocycles. The van der Waals surface area contributed by atoms with Gasteiger partial charge in [-0.05, 0) is 80.1 Å². The molecule has 0 aliphatic rings. The fraction of sp³-hybridized carbons (Fsp3) is 0.833. The summed E-state index contributed by atoms with van der Waals surface area (Å²) in [5.74, 6) is -0.607. The first kappa shape index (κ1) is 32.4. The van der Waals surface area contributed by atoms with Crippen LogP contribution in [0.2, 0.25) is 0 Å². The third kappa shape index (κ3) is 17.5. The van der Waals surface area contributed by atoms with Gasteiger partial charge in [-0.25, -0.2) is 9.59 Å². The number of hydrogen-bond acceptors (Lipinski definition) is 7. The number of amides is 4. The maximum atomic E-state index is 12.6. The Labute approximate surface area is 210 Å². The highest BCUT2D eigenvalue weighted by atomic mass is 16.6. The van der Waals surface area contributed by atoms with E-state index in [1.165, 1.54) is 4.90 Å². The van der Waals surface area contributed by atoms with E-state index in [4.69, 9.17) is 15.2 Å². The molecule has 0 fully saturated rings. The van der Waals surface area contributed by atoms with Crippen molar-refractivity contribution in [3.63, 3.8) is 0 Å². The average Bonchev–Trinajstić information content (AvgIpc) is 2.68. The number of ether oxygens (including phenoxy) is 2. The van der Waals surface area contributed by atoms with E-state index >= 15 is 0 Å². The maximum Gasteiger partial charge on any atom is 0.407 e. The molecule has 0 spiro atoms. The fourth-order valence-corrected chi connectivity index (χ4v) is 2.95. The van der Waals surface area contributed by atoms with E-state index in [-0.39, 0.29) is 5.91 Å². The zero-order chi connectivity index (χ0) is 27.2. The van der Waals surface area contributed by atoms with E-state index in [0.717, 1.165) is 0 Å². The molecule has 0 saturated carbocycles. The predicted octanol–water partition coefficient (Wildman–Crippen LogP) is 2.28. The molecule has 35 heavy (non-hydrogen) atoms. The number of hydrogen-bond donors (Lipinski definition) is 4. The second kappa shape index (κ2) is 15.4. The van der Waals surface area contributed by atoms with E-state index in [9.17, 15) is 19.2 Å². The third-order valence-electron chi connectivity index (χ3n) is 4.59. The molecule has 0 aliphatic heterocycles. The van der Waals surface area contributed by atoms with E-state index in [1.54, 1.807) is 55.6 Å². The molecular formula is C24H47N5O6. The van der Waals surface area contributed by atoms with Gasteiger partial charge in [0.1, 0.15) is 17.2 Å². The van der Waals surface area contributed by atoms with Gasteiger partial charge in [0.25, 0.3) is 0 Å². The normalized spacial score (nSPS) is 13.3. The molecule has 204 valence electrons. The number of likely N-dealkylation sites (N-methyl/N-ethyl adjacent to an activating group) is 1. The lowest BCUT2D eigenvalue weighted by molar-refractivity contribution is -0.135. The van der Waals surface area contributed by atoms with Crippen LogP contribution in [-0.2, 0) is 19.1 Å². The lowest BCUT2D eigenvalue weighted by Gasteiger charge is -2.23. The SMILES string of the molecule is CN(C)C(=O)[C@H](CCCCNC(=O)OC(C)(C)C)NC(=O)[C@@H](N)CCCCNC(=O)OC(C)(C)C. The van der Waals surface area contributed by atoms with Crippen molar-refractivity contribution in [2.24, 2.45) is 5.73 Å². The Bertz CT molecular complexity index is 685. The second-order valence-corrected chi connectivity index (χ2v) is 10.7. The Morgan fingerprint density at radius 1 is 0.771 bits per heavy atom. The molecule has 11 heteroatoms. The quantitative estimate of drug-likeness (QED) is 0.282. The van der Waals surface area contributed by atoms with Crippen molar-refractivity contribution < 1.29 is 28.7 Å². The second-order valence-electron chi connectivity index (χ2n) is 10.7. The first-order valence-electron chi connectivity index (χ1n) is 12.2. The van der Waals surface area contributed by atoms with Crippen LogP contribution in [0.5, 0.6) is 0 Å². The Kier molecular flexibility index (Phi) is 14.3. The van der Waals surface area contributed by atoms with Gasteiger partial charge in [-0.3, -0.25) is 9.59 Å². The molecule has 2 atom stereocenters. The molecule has 0 bridgehead atoms. The molecule has 0 rings (SSSR count). The van der Waals surface area contributed by atoms with Gasteiger partial charge in [0, 0.05) is 27.2 Å². The number of carbonyl (C=O) groups excluding carboxylic acids is 4. The molecule has 0 aromatic heterocycles. The van der Waals surface area contributed by atoms with E-state index in [2.05, 4.69) is 16.0 Å². The number of alkyl carbamates (subject to hydrolysis) is 2. The number of unbranched alkanes of at least 4 members (excludes halogenated alkanes) is 2. The average molecular weight is 502 g/mol. The minimum atomic E-state index is -0.761. The lowest BCUT2D eigenvalue weighted by atomic mass is 10.1. The summed E-state index contributed by atoms with van der Waals surface area (Å²) in [5, 5.41) is 8.10. The van der Waals surface area contributed by atoms with Crippen LogP contribution in [-0.4, -0.2) is 79.4 Å². The first-order chi connectivity index (χ1) is 16.0.